The average molecular weight is 231 g/mol. The van der Waals surface area contributed by atoms with Gasteiger partial charge < -0.3 is 9.63 Å². The Balaban J connectivity index is 2.36. The molecule has 1 heterocycles. The zero-order valence-corrected chi connectivity index (χ0v) is 10.0. The third-order valence-electron chi connectivity index (χ3n) is 2.84. The predicted octanol–water partition coefficient (Wildman–Crippen LogP) is 3.18. The molecule has 0 bridgehead atoms. The smallest absolute Gasteiger partial charge is 0.170 e. The predicted molar refractivity (Wildman–Crippen MR) is 66.5 cm³/mol. The maximum absolute atomic E-state index is 9.26. The fourth-order valence-electron chi connectivity index (χ4n) is 1.89. The van der Waals surface area contributed by atoms with Gasteiger partial charge in [0.2, 0.25) is 0 Å². The minimum absolute atomic E-state index is 0.0601. The maximum atomic E-state index is 9.26. The van der Waals surface area contributed by atoms with Gasteiger partial charge >= 0.3 is 0 Å². The van der Waals surface area contributed by atoms with E-state index in [9.17, 15) is 5.11 Å². The monoisotopic (exact) mass is 231 g/mol. The van der Waals surface area contributed by atoms with Gasteiger partial charge in [0.1, 0.15) is 5.69 Å². The van der Waals surface area contributed by atoms with Crippen LogP contribution in [0.25, 0.3) is 11.3 Å². The van der Waals surface area contributed by atoms with Crippen LogP contribution in [0.4, 0.5) is 0 Å². The summed E-state index contributed by atoms with van der Waals surface area (Å²) in [7, 11) is 0. The van der Waals surface area contributed by atoms with Crippen molar-refractivity contribution in [2.75, 3.05) is 0 Å². The maximum Gasteiger partial charge on any atom is 0.170 e. The van der Waals surface area contributed by atoms with Crippen molar-refractivity contribution in [1.82, 2.24) is 5.16 Å². The number of benzene rings is 1. The zero-order chi connectivity index (χ0) is 12.1. The number of hydrogen-bond acceptors (Lipinski definition) is 3. The average Bonchev–Trinajstić information content (AvgIpc) is 2.80. The van der Waals surface area contributed by atoms with E-state index in [1.165, 1.54) is 0 Å². The Morgan fingerprint density at radius 2 is 2.00 bits per heavy atom. The Labute approximate surface area is 101 Å². The van der Waals surface area contributed by atoms with Crippen LogP contribution in [0.2, 0.25) is 0 Å². The Bertz CT molecular complexity index is 462. The topological polar surface area (TPSA) is 46.3 Å². The quantitative estimate of drug-likeness (QED) is 0.859. The van der Waals surface area contributed by atoms with Crippen molar-refractivity contribution in [3.8, 4) is 11.3 Å². The molecule has 0 saturated heterocycles. The van der Waals surface area contributed by atoms with Gasteiger partial charge in [0.15, 0.2) is 5.76 Å². The van der Waals surface area contributed by atoms with E-state index in [0.29, 0.717) is 5.69 Å². The third-order valence-corrected chi connectivity index (χ3v) is 2.84. The molecule has 0 atom stereocenters. The molecule has 2 aromatic rings. The van der Waals surface area contributed by atoms with Gasteiger partial charge in [-0.3, -0.25) is 0 Å². The highest BCUT2D eigenvalue weighted by Crippen LogP contribution is 2.27. The molecule has 3 nitrogen and oxygen atoms in total. The van der Waals surface area contributed by atoms with Crippen molar-refractivity contribution < 1.29 is 9.63 Å². The fraction of sp³-hybridized carbons (Fsp3) is 0.357. The second-order valence-electron chi connectivity index (χ2n) is 4.06. The molecule has 0 saturated carbocycles. The first kappa shape index (κ1) is 11.9. The molecule has 1 aromatic heterocycles. The van der Waals surface area contributed by atoms with Gasteiger partial charge in [-0.05, 0) is 12.8 Å². The van der Waals surface area contributed by atoms with Crippen LogP contribution in [0.5, 0.6) is 0 Å². The Kier molecular flexibility index (Phi) is 3.94. The minimum atomic E-state index is -0.0601. The summed E-state index contributed by atoms with van der Waals surface area (Å²) >= 11 is 0. The van der Waals surface area contributed by atoms with Crippen LogP contribution in [-0.2, 0) is 13.0 Å². The van der Waals surface area contributed by atoms with Gasteiger partial charge in [-0.25, -0.2) is 0 Å². The summed E-state index contributed by atoms with van der Waals surface area (Å²) in [6.07, 6.45) is 3.10. The number of aliphatic hydroxyl groups excluding tert-OH is 1. The van der Waals surface area contributed by atoms with E-state index in [0.717, 1.165) is 36.1 Å². The standard InChI is InChI=1S/C14H17NO2/c1-2-3-9-12-13(10-16)15-17-14(12)11-7-5-4-6-8-11/h4-8,16H,2-3,9-10H2,1H3. The summed E-state index contributed by atoms with van der Waals surface area (Å²) in [6.45, 7) is 2.09. The zero-order valence-electron chi connectivity index (χ0n) is 10.0. The van der Waals surface area contributed by atoms with Crippen LogP contribution in [0, 0.1) is 0 Å². The van der Waals surface area contributed by atoms with Crippen LogP contribution in [0.15, 0.2) is 34.9 Å². The molecule has 3 heteroatoms. The molecule has 17 heavy (non-hydrogen) atoms. The van der Waals surface area contributed by atoms with E-state index in [-0.39, 0.29) is 6.61 Å². The Morgan fingerprint density at radius 1 is 1.24 bits per heavy atom. The lowest BCUT2D eigenvalue weighted by Crippen LogP contribution is -1.93. The van der Waals surface area contributed by atoms with Crippen molar-refractivity contribution in [2.45, 2.75) is 32.8 Å². The lowest BCUT2D eigenvalue weighted by atomic mass is 10.0. The van der Waals surface area contributed by atoms with Crippen LogP contribution in [-0.4, -0.2) is 10.3 Å². The summed E-state index contributed by atoms with van der Waals surface area (Å²) < 4.78 is 5.36. The second kappa shape index (κ2) is 5.64. The van der Waals surface area contributed by atoms with E-state index in [1.807, 2.05) is 30.3 Å². The molecule has 0 unspecified atom stereocenters. The lowest BCUT2D eigenvalue weighted by Gasteiger charge is -2.02. The number of aliphatic hydroxyl groups is 1. The summed E-state index contributed by atoms with van der Waals surface area (Å²) in [5.74, 6) is 0.795. The van der Waals surface area contributed by atoms with Crippen molar-refractivity contribution >= 4 is 0 Å². The van der Waals surface area contributed by atoms with Crippen molar-refractivity contribution in [3.63, 3.8) is 0 Å². The van der Waals surface area contributed by atoms with Gasteiger partial charge in [0, 0.05) is 11.1 Å². The first-order valence-electron chi connectivity index (χ1n) is 6.00. The van der Waals surface area contributed by atoms with Crippen molar-refractivity contribution in [3.05, 3.63) is 41.6 Å². The number of hydrogen-bond donors (Lipinski definition) is 1. The summed E-state index contributed by atoms with van der Waals surface area (Å²) in [6, 6.07) is 9.91. The SMILES string of the molecule is CCCCc1c(CO)noc1-c1ccccc1. The first-order valence-corrected chi connectivity index (χ1v) is 6.00. The second-order valence-corrected chi connectivity index (χ2v) is 4.06. The molecule has 0 amide bonds. The molecule has 2 rings (SSSR count). The molecule has 0 aliphatic heterocycles. The van der Waals surface area contributed by atoms with E-state index >= 15 is 0 Å². The first-order chi connectivity index (χ1) is 8.36. The summed E-state index contributed by atoms with van der Waals surface area (Å²) in [5.41, 5.74) is 2.73. The third kappa shape index (κ3) is 2.56. The largest absolute Gasteiger partial charge is 0.390 e. The molecule has 0 spiro atoms. The van der Waals surface area contributed by atoms with Crippen molar-refractivity contribution in [1.29, 1.82) is 0 Å². The number of nitrogens with zero attached hydrogens (tertiary/aromatic N) is 1. The Hall–Kier alpha value is -1.61. The van der Waals surface area contributed by atoms with Crippen LogP contribution in [0.1, 0.15) is 31.0 Å². The normalized spacial score (nSPS) is 10.7. The van der Waals surface area contributed by atoms with Gasteiger partial charge in [-0.1, -0.05) is 48.8 Å². The van der Waals surface area contributed by atoms with Crippen LogP contribution < -0.4 is 0 Å². The van der Waals surface area contributed by atoms with Crippen LogP contribution >= 0.6 is 0 Å². The molecule has 0 aliphatic rings. The van der Waals surface area contributed by atoms with Gasteiger partial charge in [-0.2, -0.15) is 0 Å². The highest BCUT2D eigenvalue weighted by atomic mass is 16.5. The van der Waals surface area contributed by atoms with Gasteiger partial charge in [0.05, 0.1) is 6.61 Å². The van der Waals surface area contributed by atoms with Crippen LogP contribution in [0.3, 0.4) is 0 Å². The number of rotatable bonds is 5. The van der Waals surface area contributed by atoms with E-state index in [1.54, 1.807) is 0 Å². The van der Waals surface area contributed by atoms with E-state index in [2.05, 4.69) is 12.1 Å². The molecule has 1 N–H and O–H groups in total. The molecule has 0 fully saturated rings. The number of aromatic nitrogens is 1. The fourth-order valence-corrected chi connectivity index (χ4v) is 1.89. The highest BCUT2D eigenvalue weighted by molar-refractivity contribution is 5.61. The van der Waals surface area contributed by atoms with Crippen molar-refractivity contribution in [2.24, 2.45) is 0 Å². The molecule has 90 valence electrons. The van der Waals surface area contributed by atoms with E-state index < -0.39 is 0 Å². The number of unbranched alkanes of at least 4 members (excludes halogenated alkanes) is 1. The lowest BCUT2D eigenvalue weighted by molar-refractivity contribution is 0.266. The Morgan fingerprint density at radius 3 is 2.65 bits per heavy atom. The molecule has 1 aromatic carbocycles. The molecular formula is C14H17NO2. The van der Waals surface area contributed by atoms with E-state index in [4.69, 9.17) is 4.52 Å². The van der Waals surface area contributed by atoms with Gasteiger partial charge in [-0.15, -0.1) is 0 Å². The summed E-state index contributed by atoms with van der Waals surface area (Å²) in [4.78, 5) is 0. The molecule has 0 aliphatic carbocycles. The highest BCUT2D eigenvalue weighted by Gasteiger charge is 2.15. The molecule has 0 radical (unpaired) electrons. The summed E-state index contributed by atoms with van der Waals surface area (Å²) in [5, 5.41) is 13.2. The molecular weight excluding hydrogens is 214 g/mol. The minimum Gasteiger partial charge on any atom is -0.390 e. The van der Waals surface area contributed by atoms with Gasteiger partial charge in [0.25, 0.3) is 0 Å².